The van der Waals surface area contributed by atoms with Crippen LogP contribution < -0.4 is 11.1 Å². The summed E-state index contributed by atoms with van der Waals surface area (Å²) >= 11 is 0. The number of likely N-dealkylation sites (tertiary alicyclic amines) is 2. The van der Waals surface area contributed by atoms with E-state index in [0.29, 0.717) is 42.0 Å². The molecule has 3 aliphatic heterocycles. The standard InChI is InChI=1S/C43H51N9O3/c1-2-51-40-31(20-46-51)37(47-29-16-10-5-11-17-29)30(19-45-40)36-18-43(41(44)53,55-48-36)42(54)52(38-32-23-49(24-33(32)38)21-27-12-6-3-7-13-27)39-34-25-50(26-35(34)39)22-28-14-8-4-9-15-28/h3-4,6-9,12-15,19-20,29,32-35,38-39H,2,5,10-11,16-18,21-26H2,1H3,(H2,44,53)(H,45,47). The van der Waals surface area contributed by atoms with Gasteiger partial charge in [0.05, 0.1) is 29.4 Å². The van der Waals surface area contributed by atoms with E-state index < -0.39 is 11.5 Å². The lowest BCUT2D eigenvalue weighted by atomic mass is 9.90. The molecule has 6 aliphatic rings. The fourth-order valence-corrected chi connectivity index (χ4v) is 10.6. The van der Waals surface area contributed by atoms with Crippen molar-refractivity contribution < 1.29 is 14.4 Å². The van der Waals surface area contributed by atoms with Crippen LogP contribution in [0.3, 0.4) is 0 Å². The first-order valence-electron chi connectivity index (χ1n) is 20.4. The molecule has 12 heteroatoms. The van der Waals surface area contributed by atoms with Crippen LogP contribution in [0.1, 0.15) is 62.1 Å². The van der Waals surface area contributed by atoms with Crippen LogP contribution in [0.4, 0.5) is 5.69 Å². The van der Waals surface area contributed by atoms with E-state index in [0.717, 1.165) is 74.4 Å². The summed E-state index contributed by atoms with van der Waals surface area (Å²) in [5, 5.41) is 13.9. The number of oxime groups is 1. The van der Waals surface area contributed by atoms with Gasteiger partial charge >= 0.3 is 0 Å². The molecule has 55 heavy (non-hydrogen) atoms. The Morgan fingerprint density at radius 2 is 1.44 bits per heavy atom. The number of nitrogens with one attached hydrogen (secondary N) is 1. The number of anilines is 1. The molecule has 0 spiro atoms. The number of carbonyl (C=O) groups is 2. The van der Waals surface area contributed by atoms with Gasteiger partial charge in [-0.15, -0.1) is 0 Å². The van der Waals surface area contributed by atoms with Gasteiger partial charge in [-0.25, -0.2) is 9.67 Å². The van der Waals surface area contributed by atoms with Crippen molar-refractivity contribution in [3.8, 4) is 0 Å². The minimum absolute atomic E-state index is 0.0313. The summed E-state index contributed by atoms with van der Waals surface area (Å²) in [7, 11) is 0. The zero-order chi connectivity index (χ0) is 37.3. The van der Waals surface area contributed by atoms with Gasteiger partial charge in [-0.05, 0) is 54.6 Å². The largest absolute Gasteiger partial charge is 0.381 e. The van der Waals surface area contributed by atoms with Gasteiger partial charge in [-0.3, -0.25) is 19.4 Å². The van der Waals surface area contributed by atoms with Crippen LogP contribution in [0.2, 0.25) is 0 Å². The number of carbonyl (C=O) groups excluding carboxylic acids is 2. The molecule has 5 fully saturated rings. The summed E-state index contributed by atoms with van der Waals surface area (Å²) in [5.41, 5.74) is 9.85. The molecule has 0 bridgehead atoms. The number of nitrogens with zero attached hydrogens (tertiary/aromatic N) is 7. The van der Waals surface area contributed by atoms with Crippen LogP contribution in [0.15, 0.2) is 78.2 Å². The highest BCUT2D eigenvalue weighted by Crippen LogP contribution is 2.58. The van der Waals surface area contributed by atoms with E-state index in [9.17, 15) is 4.79 Å². The number of nitrogens with two attached hydrogens (primary N) is 1. The minimum Gasteiger partial charge on any atom is -0.381 e. The molecule has 4 aromatic rings. The normalized spacial score (nSPS) is 30.1. The zero-order valence-corrected chi connectivity index (χ0v) is 31.6. The number of hydrogen-bond acceptors (Lipinski definition) is 9. The third kappa shape index (κ3) is 6.08. The van der Waals surface area contributed by atoms with Gasteiger partial charge in [-0.1, -0.05) is 85.1 Å². The van der Waals surface area contributed by atoms with Gasteiger partial charge in [-0.2, -0.15) is 5.10 Å². The summed E-state index contributed by atoms with van der Waals surface area (Å²) in [6.45, 7) is 8.24. The molecule has 5 unspecified atom stereocenters. The van der Waals surface area contributed by atoms with E-state index in [2.05, 4.69) is 90.9 Å². The predicted octanol–water partition coefficient (Wildman–Crippen LogP) is 4.63. The first-order chi connectivity index (χ1) is 26.9. The lowest BCUT2D eigenvalue weighted by molar-refractivity contribution is -0.165. The molecule has 0 radical (unpaired) electrons. The maximum absolute atomic E-state index is 15.3. The molecule has 3 aliphatic carbocycles. The number of piperidine rings is 2. The lowest BCUT2D eigenvalue weighted by Gasteiger charge is -2.35. The van der Waals surface area contributed by atoms with E-state index in [4.69, 9.17) is 15.6 Å². The third-order valence-corrected chi connectivity index (χ3v) is 13.5. The number of aryl methyl sites for hydroxylation is 1. The number of hydrogen-bond donors (Lipinski definition) is 2. The summed E-state index contributed by atoms with van der Waals surface area (Å²) in [4.78, 5) is 47.0. The smallest absolute Gasteiger partial charge is 0.297 e. The molecular formula is C43H51N9O3. The maximum Gasteiger partial charge on any atom is 0.297 e. The van der Waals surface area contributed by atoms with Crippen LogP contribution >= 0.6 is 0 Å². The Morgan fingerprint density at radius 3 is 1.98 bits per heavy atom. The number of rotatable bonds is 12. The van der Waals surface area contributed by atoms with Gasteiger partial charge in [0.1, 0.15) is 0 Å². The Bertz CT molecular complexity index is 2020. The number of fused-ring (bicyclic) bond motifs is 3. The fraction of sp³-hybridized carbons (Fsp3) is 0.512. The second-order valence-corrected chi connectivity index (χ2v) is 16.9. The summed E-state index contributed by atoms with van der Waals surface area (Å²) in [6, 6.07) is 21.6. The highest BCUT2D eigenvalue weighted by atomic mass is 16.7. The molecule has 3 N–H and O–H groups in total. The van der Waals surface area contributed by atoms with Crippen molar-refractivity contribution in [1.29, 1.82) is 0 Å². The highest BCUT2D eigenvalue weighted by Gasteiger charge is 2.70. The second-order valence-electron chi connectivity index (χ2n) is 16.9. The minimum atomic E-state index is -1.92. The van der Waals surface area contributed by atoms with Crippen LogP contribution in [0.5, 0.6) is 0 Å². The summed E-state index contributed by atoms with van der Waals surface area (Å²) < 4.78 is 1.88. The molecule has 5 heterocycles. The van der Waals surface area contributed by atoms with E-state index in [1.807, 2.05) is 17.8 Å². The predicted molar refractivity (Wildman–Crippen MR) is 210 cm³/mol. The average Bonchev–Trinajstić information content (AvgIpc) is 3.65. The third-order valence-electron chi connectivity index (χ3n) is 13.5. The molecule has 10 rings (SSSR count). The maximum atomic E-state index is 15.3. The van der Waals surface area contributed by atoms with Gasteiger partial charge < -0.3 is 20.8 Å². The lowest BCUT2D eigenvalue weighted by Crippen LogP contribution is -2.59. The van der Waals surface area contributed by atoms with Crippen molar-refractivity contribution in [2.75, 3.05) is 31.5 Å². The van der Waals surface area contributed by atoms with E-state index >= 15 is 4.79 Å². The van der Waals surface area contributed by atoms with Gasteiger partial charge in [0.2, 0.25) is 0 Å². The van der Waals surface area contributed by atoms with Crippen LogP contribution in [0.25, 0.3) is 11.0 Å². The Hall–Kier alpha value is -4.81. The highest BCUT2D eigenvalue weighted by molar-refractivity contribution is 6.18. The molecule has 5 atom stereocenters. The van der Waals surface area contributed by atoms with Crippen LogP contribution in [0, 0.1) is 23.7 Å². The van der Waals surface area contributed by atoms with Crippen LogP contribution in [-0.4, -0.2) is 96.9 Å². The Balaban J connectivity index is 0.926. The SMILES string of the molecule is CCn1ncc2c(NC3CCCCC3)c(C3=NOC(C(N)=O)(C(=O)N(C4C5CN(Cc6ccccc6)CC54)C4C5CN(Cc6ccccc6)CC54)C3)cnc21. The van der Waals surface area contributed by atoms with Crippen molar-refractivity contribution in [1.82, 2.24) is 29.5 Å². The van der Waals surface area contributed by atoms with E-state index in [1.165, 1.54) is 30.4 Å². The van der Waals surface area contributed by atoms with E-state index in [-0.39, 0.29) is 24.4 Å². The molecule has 3 saturated carbocycles. The van der Waals surface area contributed by atoms with Crippen molar-refractivity contribution in [3.05, 3.63) is 89.7 Å². The number of pyridine rings is 1. The number of amides is 2. The molecule has 12 nitrogen and oxygen atoms in total. The Kier molecular flexibility index (Phi) is 8.66. The molecule has 2 amide bonds. The summed E-state index contributed by atoms with van der Waals surface area (Å²) in [6.07, 6.45) is 9.36. The first kappa shape index (κ1) is 34.7. The number of primary amides is 1. The van der Waals surface area contributed by atoms with Crippen molar-refractivity contribution in [3.63, 3.8) is 0 Å². The molecule has 2 aromatic heterocycles. The second kappa shape index (κ2) is 13.7. The monoisotopic (exact) mass is 741 g/mol. The van der Waals surface area contributed by atoms with Gasteiger partial charge in [0.25, 0.3) is 17.4 Å². The zero-order valence-electron chi connectivity index (χ0n) is 31.6. The summed E-state index contributed by atoms with van der Waals surface area (Å²) in [5.74, 6) is 0.312. The quantitative estimate of drug-likeness (QED) is 0.201. The molecule has 2 saturated heterocycles. The first-order valence-corrected chi connectivity index (χ1v) is 20.4. The van der Waals surface area contributed by atoms with Gasteiger partial charge in [0.15, 0.2) is 5.65 Å². The number of aromatic nitrogens is 3. The average molecular weight is 742 g/mol. The molecular weight excluding hydrogens is 691 g/mol. The van der Waals surface area contributed by atoms with Gasteiger partial charge in [0, 0.05) is 75.7 Å². The van der Waals surface area contributed by atoms with Crippen molar-refractivity contribution in [2.24, 2.45) is 34.6 Å². The number of benzene rings is 2. The van der Waals surface area contributed by atoms with Crippen LogP contribution in [-0.2, 0) is 34.1 Å². The Morgan fingerprint density at radius 1 is 0.855 bits per heavy atom. The van der Waals surface area contributed by atoms with Crippen molar-refractivity contribution in [2.45, 2.75) is 88.8 Å². The topological polar surface area (TPSA) is 134 Å². The van der Waals surface area contributed by atoms with Crippen molar-refractivity contribution >= 4 is 34.2 Å². The Labute approximate surface area is 322 Å². The van der Waals surface area contributed by atoms with E-state index in [1.54, 1.807) is 6.20 Å². The molecule has 286 valence electrons. The fourth-order valence-electron chi connectivity index (χ4n) is 10.6. The molecule has 2 aromatic carbocycles.